The van der Waals surface area contributed by atoms with E-state index in [9.17, 15) is 18.0 Å². The van der Waals surface area contributed by atoms with Crippen LogP contribution in [0.25, 0.3) is 0 Å². The molecule has 0 aromatic heterocycles. The number of nitrogens with one attached hydrogen (secondary N) is 1. The van der Waals surface area contributed by atoms with E-state index in [1.807, 2.05) is 0 Å². The number of carbonyl (C=O) groups excluding carboxylic acids is 2. The zero-order valence-corrected chi connectivity index (χ0v) is 15.6. The summed E-state index contributed by atoms with van der Waals surface area (Å²) in [4.78, 5) is 23.0. The molecule has 1 heterocycles. The summed E-state index contributed by atoms with van der Waals surface area (Å²) in [5.74, 6) is -0.686. The van der Waals surface area contributed by atoms with Gasteiger partial charge in [-0.25, -0.2) is 8.42 Å². The quantitative estimate of drug-likeness (QED) is 0.803. The zero-order chi connectivity index (χ0) is 18.6. The van der Waals surface area contributed by atoms with Crippen LogP contribution in [0.2, 0.25) is 0 Å². The molecule has 1 amide bonds. The first-order valence-electron chi connectivity index (χ1n) is 8.22. The molecule has 0 bridgehead atoms. The van der Waals surface area contributed by atoms with E-state index in [1.54, 1.807) is 13.0 Å². The van der Waals surface area contributed by atoms with Crippen LogP contribution in [-0.4, -0.2) is 44.3 Å². The van der Waals surface area contributed by atoms with Gasteiger partial charge in [0.05, 0.1) is 18.4 Å². The molecule has 1 aliphatic heterocycles. The Morgan fingerprint density at radius 1 is 1.32 bits per heavy atom. The molecule has 1 aromatic carbocycles. The van der Waals surface area contributed by atoms with E-state index in [-0.39, 0.29) is 17.2 Å². The van der Waals surface area contributed by atoms with Crippen molar-refractivity contribution in [1.29, 1.82) is 0 Å². The molecule has 2 rings (SSSR count). The first kappa shape index (κ1) is 19.4. The third-order valence-electron chi connectivity index (χ3n) is 4.33. The van der Waals surface area contributed by atoms with Gasteiger partial charge in [-0.1, -0.05) is 12.5 Å². The highest BCUT2D eigenvalue weighted by Crippen LogP contribution is 2.29. The van der Waals surface area contributed by atoms with Crippen molar-refractivity contribution >= 4 is 27.6 Å². The van der Waals surface area contributed by atoms with Gasteiger partial charge in [-0.3, -0.25) is 9.59 Å². The largest absolute Gasteiger partial charge is 0.469 e. The number of amides is 1. The van der Waals surface area contributed by atoms with Crippen molar-refractivity contribution < 1.29 is 22.7 Å². The van der Waals surface area contributed by atoms with Crippen molar-refractivity contribution in [3.8, 4) is 0 Å². The number of benzene rings is 1. The Hall–Kier alpha value is -1.93. The molecule has 1 aromatic rings. The first-order valence-corrected chi connectivity index (χ1v) is 9.66. The van der Waals surface area contributed by atoms with Gasteiger partial charge in [0.2, 0.25) is 15.9 Å². The van der Waals surface area contributed by atoms with E-state index >= 15 is 0 Å². The van der Waals surface area contributed by atoms with Crippen molar-refractivity contribution in [3.63, 3.8) is 0 Å². The highest BCUT2D eigenvalue weighted by atomic mass is 32.2. The van der Waals surface area contributed by atoms with Gasteiger partial charge in [0.25, 0.3) is 0 Å². The maximum atomic E-state index is 13.1. The summed E-state index contributed by atoms with van der Waals surface area (Å²) in [5.41, 5.74) is 1.24. The molecule has 1 N–H and O–H groups in total. The lowest BCUT2D eigenvalue weighted by Gasteiger charge is -2.34. The fourth-order valence-corrected chi connectivity index (χ4v) is 4.71. The van der Waals surface area contributed by atoms with Gasteiger partial charge in [0.1, 0.15) is 0 Å². The van der Waals surface area contributed by atoms with Crippen LogP contribution in [0.15, 0.2) is 23.1 Å². The van der Waals surface area contributed by atoms with E-state index in [4.69, 9.17) is 4.74 Å². The molecule has 0 unspecified atom stereocenters. The van der Waals surface area contributed by atoms with Gasteiger partial charge < -0.3 is 10.1 Å². The minimum atomic E-state index is -3.77. The summed E-state index contributed by atoms with van der Waals surface area (Å²) in [6.45, 7) is 3.54. The van der Waals surface area contributed by atoms with E-state index < -0.39 is 22.0 Å². The van der Waals surface area contributed by atoms with E-state index in [1.165, 1.54) is 30.5 Å². The Morgan fingerprint density at radius 2 is 2.04 bits per heavy atom. The molecular weight excluding hydrogens is 344 g/mol. The number of nitrogens with zero attached hydrogens (tertiary/aromatic N) is 1. The summed E-state index contributed by atoms with van der Waals surface area (Å²) in [5, 5.41) is 2.65. The number of aryl methyl sites for hydroxylation is 1. The van der Waals surface area contributed by atoms with Crippen LogP contribution in [-0.2, 0) is 24.3 Å². The fraction of sp³-hybridized carbons (Fsp3) is 0.529. The number of carbonyl (C=O) groups is 2. The van der Waals surface area contributed by atoms with Gasteiger partial charge >= 0.3 is 5.97 Å². The highest BCUT2D eigenvalue weighted by Gasteiger charge is 2.35. The predicted molar refractivity (Wildman–Crippen MR) is 93.6 cm³/mol. The van der Waals surface area contributed by atoms with Crippen LogP contribution in [0.5, 0.6) is 0 Å². The summed E-state index contributed by atoms with van der Waals surface area (Å²) in [7, 11) is -2.47. The summed E-state index contributed by atoms with van der Waals surface area (Å²) < 4.78 is 32.2. The monoisotopic (exact) mass is 368 g/mol. The molecule has 1 atom stereocenters. The SMILES string of the molecule is COC(=O)C[C@@H]1CCCCN1S(=O)(=O)c1ccc(C)c(NC(C)=O)c1. The Labute approximate surface area is 148 Å². The number of esters is 1. The van der Waals surface area contributed by atoms with Crippen LogP contribution in [0.1, 0.15) is 38.2 Å². The topological polar surface area (TPSA) is 92.8 Å². The van der Waals surface area contributed by atoms with Crippen LogP contribution in [0.3, 0.4) is 0 Å². The molecule has 1 fully saturated rings. The minimum absolute atomic E-state index is 0.0418. The molecule has 138 valence electrons. The highest BCUT2D eigenvalue weighted by molar-refractivity contribution is 7.89. The van der Waals surface area contributed by atoms with Crippen LogP contribution in [0, 0.1) is 6.92 Å². The Kier molecular flexibility index (Phi) is 6.18. The minimum Gasteiger partial charge on any atom is -0.469 e. The summed E-state index contributed by atoms with van der Waals surface area (Å²) >= 11 is 0. The number of methoxy groups -OCH3 is 1. The Bertz CT molecular complexity index is 760. The number of rotatable bonds is 5. The van der Waals surface area contributed by atoms with Gasteiger partial charge in [-0.05, 0) is 37.5 Å². The lowest BCUT2D eigenvalue weighted by atomic mass is 10.0. The second-order valence-electron chi connectivity index (χ2n) is 6.20. The van der Waals surface area contributed by atoms with E-state index in [0.717, 1.165) is 18.4 Å². The van der Waals surface area contributed by atoms with Crippen molar-refractivity contribution in [1.82, 2.24) is 4.31 Å². The summed E-state index contributed by atoms with van der Waals surface area (Å²) in [6.07, 6.45) is 2.29. The summed E-state index contributed by atoms with van der Waals surface area (Å²) in [6, 6.07) is 4.25. The molecule has 1 saturated heterocycles. The predicted octanol–water partition coefficient (Wildman–Crippen LogP) is 2.06. The standard InChI is InChI=1S/C17H24N2O5S/c1-12-7-8-15(11-16(12)18-13(2)20)25(22,23)19-9-5-4-6-14(19)10-17(21)24-3/h7-8,11,14H,4-6,9-10H2,1-3H3,(H,18,20)/t14-/m0/s1. The normalized spacial score (nSPS) is 18.6. The fourth-order valence-electron chi connectivity index (χ4n) is 2.99. The molecule has 7 nitrogen and oxygen atoms in total. The lowest BCUT2D eigenvalue weighted by Crippen LogP contribution is -2.44. The van der Waals surface area contributed by atoms with Gasteiger partial charge in [-0.15, -0.1) is 0 Å². The molecule has 0 spiro atoms. The molecule has 0 saturated carbocycles. The van der Waals surface area contributed by atoms with E-state index in [2.05, 4.69) is 5.32 Å². The number of hydrogen-bond acceptors (Lipinski definition) is 5. The number of piperidine rings is 1. The smallest absolute Gasteiger partial charge is 0.307 e. The number of hydrogen-bond donors (Lipinski definition) is 1. The molecule has 8 heteroatoms. The Morgan fingerprint density at radius 3 is 2.68 bits per heavy atom. The molecule has 25 heavy (non-hydrogen) atoms. The van der Waals surface area contributed by atoms with Crippen LogP contribution in [0.4, 0.5) is 5.69 Å². The van der Waals surface area contributed by atoms with Gasteiger partial charge in [0, 0.05) is 25.2 Å². The number of sulfonamides is 1. The molecule has 0 aliphatic carbocycles. The third kappa shape index (κ3) is 4.58. The second-order valence-corrected chi connectivity index (χ2v) is 8.09. The second kappa shape index (κ2) is 7.97. The van der Waals surface area contributed by atoms with Gasteiger partial charge in [0.15, 0.2) is 0 Å². The number of anilines is 1. The van der Waals surface area contributed by atoms with Crippen LogP contribution >= 0.6 is 0 Å². The maximum absolute atomic E-state index is 13.1. The van der Waals surface area contributed by atoms with Crippen LogP contribution < -0.4 is 5.32 Å². The van der Waals surface area contributed by atoms with Crippen molar-refractivity contribution in [3.05, 3.63) is 23.8 Å². The lowest BCUT2D eigenvalue weighted by molar-refractivity contribution is -0.141. The molecular formula is C17H24N2O5S. The number of ether oxygens (including phenoxy) is 1. The van der Waals surface area contributed by atoms with Crippen molar-refractivity contribution in [2.24, 2.45) is 0 Å². The van der Waals surface area contributed by atoms with E-state index in [0.29, 0.717) is 18.7 Å². The zero-order valence-electron chi connectivity index (χ0n) is 14.7. The average Bonchev–Trinajstić information content (AvgIpc) is 2.56. The average molecular weight is 368 g/mol. The first-order chi connectivity index (χ1) is 11.8. The van der Waals surface area contributed by atoms with Gasteiger partial charge in [-0.2, -0.15) is 4.31 Å². The Balaban J connectivity index is 2.35. The maximum Gasteiger partial charge on any atom is 0.307 e. The molecule has 0 radical (unpaired) electrons. The third-order valence-corrected chi connectivity index (χ3v) is 6.28. The molecule has 1 aliphatic rings. The van der Waals surface area contributed by atoms with Crippen molar-refractivity contribution in [2.45, 2.75) is 50.5 Å². The van der Waals surface area contributed by atoms with Crippen molar-refractivity contribution in [2.75, 3.05) is 19.0 Å².